The first-order valence-corrected chi connectivity index (χ1v) is 4.41. The molecule has 0 aliphatic heterocycles. The average molecular weight is 179 g/mol. The maximum atomic E-state index is 4.83. The van der Waals surface area contributed by atoms with Crippen LogP contribution in [0.4, 0.5) is 0 Å². The Balaban J connectivity index is 3.12. The van der Waals surface area contributed by atoms with E-state index in [1.54, 1.807) is 18.9 Å². The Morgan fingerprint density at radius 3 is 2.60 bits per heavy atom. The molecule has 2 nitrogen and oxygen atoms in total. The molecule has 4 heteroatoms. The van der Waals surface area contributed by atoms with Gasteiger partial charge in [-0.3, -0.25) is 0 Å². The smallest absolute Gasteiger partial charge is 0.219 e. The SMILES string of the molecule is COC(=S)SCCN(C)C. The van der Waals surface area contributed by atoms with Crippen LogP contribution in [-0.2, 0) is 4.74 Å². The Bertz CT molecular complexity index is 106. The number of hydrogen-bond donors (Lipinski definition) is 0. The molecule has 0 aromatic carbocycles. The molecular formula is C6H13NOS2. The minimum absolute atomic E-state index is 0.627. The molecule has 0 aliphatic carbocycles. The fourth-order valence-electron chi connectivity index (χ4n) is 0.370. The third-order valence-corrected chi connectivity index (χ3v) is 2.23. The molecule has 0 saturated heterocycles. The Hall–Kier alpha value is 0.200. The number of rotatable bonds is 3. The van der Waals surface area contributed by atoms with Crippen LogP contribution >= 0.6 is 24.0 Å². The van der Waals surface area contributed by atoms with Gasteiger partial charge in [0.05, 0.1) is 7.11 Å². The van der Waals surface area contributed by atoms with E-state index in [-0.39, 0.29) is 0 Å². The van der Waals surface area contributed by atoms with Crippen LogP contribution in [0.1, 0.15) is 0 Å². The normalized spacial score (nSPS) is 10.0. The molecule has 0 aromatic heterocycles. The second kappa shape index (κ2) is 5.95. The van der Waals surface area contributed by atoms with Crippen molar-refractivity contribution < 1.29 is 4.74 Å². The number of thiocarbonyl (C=S) groups is 1. The first kappa shape index (κ1) is 10.2. The number of thioether (sulfide) groups is 1. The summed E-state index contributed by atoms with van der Waals surface area (Å²) < 4.78 is 5.43. The van der Waals surface area contributed by atoms with E-state index in [1.165, 1.54) is 0 Å². The van der Waals surface area contributed by atoms with Crippen molar-refractivity contribution in [1.82, 2.24) is 4.90 Å². The molecule has 0 amide bonds. The largest absolute Gasteiger partial charge is 0.482 e. The molecule has 0 atom stereocenters. The van der Waals surface area contributed by atoms with Gasteiger partial charge in [-0.25, -0.2) is 0 Å². The molecule has 0 spiro atoms. The van der Waals surface area contributed by atoms with Crippen LogP contribution in [0.15, 0.2) is 0 Å². The highest BCUT2D eigenvalue weighted by molar-refractivity contribution is 8.22. The summed E-state index contributed by atoms with van der Waals surface area (Å²) in [5.74, 6) is 1.000. The fraction of sp³-hybridized carbons (Fsp3) is 0.833. The molecule has 60 valence electrons. The van der Waals surface area contributed by atoms with E-state index in [1.807, 2.05) is 14.1 Å². The van der Waals surface area contributed by atoms with E-state index in [0.29, 0.717) is 4.38 Å². The predicted molar refractivity (Wildman–Crippen MR) is 50.6 cm³/mol. The Kier molecular flexibility index (Phi) is 6.06. The Morgan fingerprint density at radius 2 is 2.20 bits per heavy atom. The summed E-state index contributed by atoms with van der Waals surface area (Å²) >= 11 is 6.40. The summed E-state index contributed by atoms with van der Waals surface area (Å²) in [6.45, 7) is 1.04. The third kappa shape index (κ3) is 6.32. The molecule has 0 N–H and O–H groups in total. The molecular weight excluding hydrogens is 166 g/mol. The lowest BCUT2D eigenvalue weighted by Crippen LogP contribution is -2.15. The van der Waals surface area contributed by atoms with Crippen molar-refractivity contribution in [3.05, 3.63) is 0 Å². The third-order valence-electron chi connectivity index (χ3n) is 0.925. The van der Waals surface area contributed by atoms with Crippen LogP contribution in [0.2, 0.25) is 0 Å². The van der Waals surface area contributed by atoms with Gasteiger partial charge in [-0.05, 0) is 26.3 Å². The molecule has 0 radical (unpaired) electrons. The van der Waals surface area contributed by atoms with Gasteiger partial charge in [-0.1, -0.05) is 11.8 Å². The number of ether oxygens (including phenoxy) is 1. The van der Waals surface area contributed by atoms with Gasteiger partial charge in [0.25, 0.3) is 0 Å². The zero-order valence-corrected chi connectivity index (χ0v) is 8.22. The molecule has 10 heavy (non-hydrogen) atoms. The van der Waals surface area contributed by atoms with Crippen molar-refractivity contribution in [1.29, 1.82) is 0 Å². The van der Waals surface area contributed by atoms with Crippen molar-refractivity contribution in [3.63, 3.8) is 0 Å². The van der Waals surface area contributed by atoms with Crippen LogP contribution in [0.5, 0.6) is 0 Å². The lowest BCUT2D eigenvalue weighted by Gasteiger charge is -2.07. The van der Waals surface area contributed by atoms with E-state index >= 15 is 0 Å². The van der Waals surface area contributed by atoms with Crippen LogP contribution in [-0.4, -0.2) is 42.8 Å². The topological polar surface area (TPSA) is 12.5 Å². The first-order chi connectivity index (χ1) is 4.66. The van der Waals surface area contributed by atoms with Crippen molar-refractivity contribution in [2.75, 3.05) is 33.5 Å². The molecule has 0 aliphatic rings. The number of nitrogens with zero attached hydrogens (tertiary/aromatic N) is 1. The summed E-state index contributed by atoms with van der Waals surface area (Å²) in [6.07, 6.45) is 0. The second-order valence-corrected chi connectivity index (χ2v) is 3.80. The quantitative estimate of drug-likeness (QED) is 0.604. The van der Waals surface area contributed by atoms with Crippen molar-refractivity contribution in [2.24, 2.45) is 0 Å². The van der Waals surface area contributed by atoms with E-state index in [4.69, 9.17) is 17.0 Å². The first-order valence-electron chi connectivity index (χ1n) is 3.02. The van der Waals surface area contributed by atoms with Gasteiger partial charge in [0, 0.05) is 12.3 Å². The highest BCUT2D eigenvalue weighted by Crippen LogP contribution is 2.03. The molecule has 0 saturated carbocycles. The molecule has 0 bridgehead atoms. The minimum atomic E-state index is 0.627. The maximum absolute atomic E-state index is 4.83. The summed E-state index contributed by atoms with van der Waals surface area (Å²) in [5, 5.41) is 0. The van der Waals surface area contributed by atoms with Crippen LogP contribution in [0.3, 0.4) is 0 Å². The van der Waals surface area contributed by atoms with E-state index in [0.717, 1.165) is 12.3 Å². The van der Waals surface area contributed by atoms with Gasteiger partial charge >= 0.3 is 0 Å². The van der Waals surface area contributed by atoms with Crippen molar-refractivity contribution in [3.8, 4) is 0 Å². The number of methoxy groups -OCH3 is 1. The van der Waals surface area contributed by atoms with Crippen LogP contribution in [0, 0.1) is 0 Å². The predicted octanol–water partition coefficient (Wildman–Crippen LogP) is 1.21. The van der Waals surface area contributed by atoms with Gasteiger partial charge in [0.2, 0.25) is 4.38 Å². The molecule has 0 unspecified atom stereocenters. The van der Waals surface area contributed by atoms with Crippen molar-refractivity contribution in [2.45, 2.75) is 0 Å². The van der Waals surface area contributed by atoms with Crippen LogP contribution < -0.4 is 0 Å². The lowest BCUT2D eigenvalue weighted by molar-refractivity contribution is 0.424. The summed E-state index contributed by atoms with van der Waals surface area (Å²) in [6, 6.07) is 0. The lowest BCUT2D eigenvalue weighted by atomic mass is 10.7. The van der Waals surface area contributed by atoms with Gasteiger partial charge in [0.1, 0.15) is 0 Å². The van der Waals surface area contributed by atoms with Gasteiger partial charge in [0.15, 0.2) is 0 Å². The molecule has 0 rings (SSSR count). The van der Waals surface area contributed by atoms with E-state index in [2.05, 4.69) is 4.90 Å². The number of hydrogen-bond acceptors (Lipinski definition) is 4. The summed E-state index contributed by atoms with van der Waals surface area (Å²) in [7, 11) is 5.68. The highest BCUT2D eigenvalue weighted by atomic mass is 32.2. The Morgan fingerprint density at radius 1 is 1.60 bits per heavy atom. The van der Waals surface area contributed by atoms with Crippen molar-refractivity contribution >= 4 is 28.4 Å². The molecule has 0 fully saturated rings. The maximum Gasteiger partial charge on any atom is 0.219 e. The zero-order chi connectivity index (χ0) is 7.98. The van der Waals surface area contributed by atoms with Gasteiger partial charge in [-0.15, -0.1) is 0 Å². The standard InChI is InChI=1S/C6H13NOS2/c1-7(2)4-5-10-6(9)8-3/h4-5H2,1-3H3. The zero-order valence-electron chi connectivity index (χ0n) is 6.59. The summed E-state index contributed by atoms with van der Waals surface area (Å²) in [4.78, 5) is 2.12. The molecule has 0 aromatic rings. The monoisotopic (exact) mass is 179 g/mol. The average Bonchev–Trinajstić information content (AvgIpc) is 1.87. The Labute approximate surface area is 71.9 Å². The van der Waals surface area contributed by atoms with E-state index in [9.17, 15) is 0 Å². The minimum Gasteiger partial charge on any atom is -0.482 e. The van der Waals surface area contributed by atoms with Crippen LogP contribution in [0.25, 0.3) is 0 Å². The van der Waals surface area contributed by atoms with Gasteiger partial charge in [-0.2, -0.15) is 0 Å². The molecule has 0 heterocycles. The highest BCUT2D eigenvalue weighted by Gasteiger charge is 1.95. The second-order valence-electron chi connectivity index (χ2n) is 2.11. The van der Waals surface area contributed by atoms with E-state index < -0.39 is 0 Å². The summed E-state index contributed by atoms with van der Waals surface area (Å²) in [5.41, 5.74) is 0. The fourth-order valence-corrected chi connectivity index (χ4v) is 1.36. The van der Waals surface area contributed by atoms with Gasteiger partial charge < -0.3 is 9.64 Å².